The van der Waals surface area contributed by atoms with Crippen LogP contribution >= 0.6 is 19.2 Å². The number of aliphatic hydroxyl groups excluding tert-OH is 1. The highest BCUT2D eigenvalue weighted by Gasteiger charge is 2.29. The molecular formula is C21H21ClFN2O4P. The molecule has 3 rings (SSSR count). The molecule has 0 spiro atoms. The predicted octanol–water partition coefficient (Wildman–Crippen LogP) is 6.19. The van der Waals surface area contributed by atoms with Gasteiger partial charge in [-0.3, -0.25) is 4.57 Å². The first-order valence-corrected chi connectivity index (χ1v) is 11.2. The average molecular weight is 451 g/mol. The van der Waals surface area contributed by atoms with Crippen molar-refractivity contribution < 1.29 is 23.5 Å². The van der Waals surface area contributed by atoms with Crippen LogP contribution in [0, 0.1) is 5.82 Å². The van der Waals surface area contributed by atoms with Crippen molar-refractivity contribution in [2.24, 2.45) is 0 Å². The number of hydrogen-bond donors (Lipinski definition) is 2. The van der Waals surface area contributed by atoms with Crippen LogP contribution in [0.4, 0.5) is 4.39 Å². The van der Waals surface area contributed by atoms with Gasteiger partial charge in [-0.05, 0) is 55.3 Å². The smallest absolute Gasteiger partial charge is 0.393 e. The van der Waals surface area contributed by atoms with Crippen molar-refractivity contribution in [3.05, 3.63) is 76.8 Å². The van der Waals surface area contributed by atoms with Gasteiger partial charge in [0.05, 0.1) is 17.5 Å². The molecule has 0 aliphatic heterocycles. The highest BCUT2D eigenvalue weighted by atomic mass is 35.5. The van der Waals surface area contributed by atoms with Crippen molar-refractivity contribution in [3.63, 3.8) is 0 Å². The minimum atomic E-state index is -4.41. The van der Waals surface area contributed by atoms with Gasteiger partial charge in [0, 0.05) is 22.9 Å². The van der Waals surface area contributed by atoms with Crippen LogP contribution in [-0.2, 0) is 9.09 Å². The van der Waals surface area contributed by atoms with Gasteiger partial charge >= 0.3 is 7.60 Å². The molecule has 0 radical (unpaired) electrons. The molecule has 0 aliphatic rings. The van der Waals surface area contributed by atoms with E-state index in [0.717, 1.165) is 11.6 Å². The van der Waals surface area contributed by atoms with Crippen molar-refractivity contribution in [3.8, 4) is 16.8 Å². The van der Waals surface area contributed by atoms with Gasteiger partial charge in [-0.1, -0.05) is 30.7 Å². The van der Waals surface area contributed by atoms with Crippen LogP contribution in [0.25, 0.3) is 22.9 Å². The summed E-state index contributed by atoms with van der Waals surface area (Å²) in [4.78, 5) is 10.1. The SMILES string of the molecule is CCC(C)OP(=O)(O)C(O)=Cc1nn(-c2ccc(F)cc2)cc1-c1ccc(Cl)cc1. The molecule has 0 fully saturated rings. The molecule has 0 bridgehead atoms. The Morgan fingerprint density at radius 1 is 1.27 bits per heavy atom. The Bertz CT molecular complexity index is 1100. The summed E-state index contributed by atoms with van der Waals surface area (Å²) in [5.41, 5.74) is 1.30. The first kappa shape index (κ1) is 22.2. The van der Waals surface area contributed by atoms with Gasteiger partial charge in [0.2, 0.25) is 5.50 Å². The van der Waals surface area contributed by atoms with E-state index in [4.69, 9.17) is 16.1 Å². The minimum Gasteiger partial charge on any atom is -0.501 e. The summed E-state index contributed by atoms with van der Waals surface area (Å²) in [5, 5.41) is 15.3. The van der Waals surface area contributed by atoms with E-state index in [1.54, 1.807) is 56.4 Å². The fraction of sp³-hybridized carbons (Fsp3) is 0.190. The van der Waals surface area contributed by atoms with Crippen LogP contribution in [0.15, 0.2) is 60.2 Å². The summed E-state index contributed by atoms with van der Waals surface area (Å²) in [6.45, 7) is 3.44. The van der Waals surface area contributed by atoms with Crippen molar-refractivity contribution in [2.45, 2.75) is 26.4 Å². The van der Waals surface area contributed by atoms with Gasteiger partial charge < -0.3 is 14.5 Å². The zero-order valence-corrected chi connectivity index (χ0v) is 18.0. The molecule has 0 amide bonds. The molecule has 1 aromatic heterocycles. The normalized spacial score (nSPS) is 15.0. The van der Waals surface area contributed by atoms with Gasteiger partial charge in [0.15, 0.2) is 0 Å². The molecule has 0 aliphatic carbocycles. The van der Waals surface area contributed by atoms with E-state index in [1.165, 1.54) is 16.8 Å². The van der Waals surface area contributed by atoms with Crippen molar-refractivity contribution >= 4 is 25.3 Å². The molecule has 0 saturated heterocycles. The van der Waals surface area contributed by atoms with Crippen LogP contribution in [0.5, 0.6) is 0 Å². The maximum atomic E-state index is 13.3. The second-order valence-corrected chi connectivity index (χ2v) is 8.85. The lowest BCUT2D eigenvalue weighted by molar-refractivity contribution is 0.181. The van der Waals surface area contributed by atoms with E-state index in [0.29, 0.717) is 22.7 Å². The lowest BCUT2D eigenvalue weighted by Gasteiger charge is -2.15. The highest BCUT2D eigenvalue weighted by molar-refractivity contribution is 7.57. The van der Waals surface area contributed by atoms with Crippen LogP contribution in [0.1, 0.15) is 26.0 Å². The zero-order chi connectivity index (χ0) is 21.9. The van der Waals surface area contributed by atoms with Crippen molar-refractivity contribution in [2.75, 3.05) is 0 Å². The maximum absolute atomic E-state index is 13.3. The summed E-state index contributed by atoms with van der Waals surface area (Å²) >= 11 is 5.97. The van der Waals surface area contributed by atoms with E-state index in [1.807, 2.05) is 0 Å². The molecule has 1 heterocycles. The molecule has 0 saturated carbocycles. The number of benzene rings is 2. The van der Waals surface area contributed by atoms with Crippen molar-refractivity contribution in [1.29, 1.82) is 0 Å². The average Bonchev–Trinajstić information content (AvgIpc) is 3.12. The first-order chi connectivity index (χ1) is 14.2. The van der Waals surface area contributed by atoms with E-state index >= 15 is 0 Å². The number of aromatic nitrogens is 2. The quantitative estimate of drug-likeness (QED) is 0.331. The molecule has 9 heteroatoms. The van der Waals surface area contributed by atoms with Crippen LogP contribution in [-0.4, -0.2) is 25.9 Å². The third kappa shape index (κ3) is 5.18. The maximum Gasteiger partial charge on any atom is 0.393 e. The van der Waals surface area contributed by atoms with Gasteiger partial charge in [0.1, 0.15) is 5.82 Å². The number of nitrogens with zero attached hydrogens (tertiary/aromatic N) is 2. The molecule has 30 heavy (non-hydrogen) atoms. The third-order valence-corrected chi connectivity index (χ3v) is 6.05. The third-order valence-electron chi connectivity index (χ3n) is 4.44. The fourth-order valence-corrected chi connectivity index (χ4v) is 3.80. The molecule has 2 N–H and O–H groups in total. The Kier molecular flexibility index (Phi) is 6.78. The summed E-state index contributed by atoms with van der Waals surface area (Å²) < 4.78 is 32.3. The lowest BCUT2D eigenvalue weighted by atomic mass is 10.1. The number of aliphatic hydroxyl groups is 1. The predicted molar refractivity (Wildman–Crippen MR) is 115 cm³/mol. The zero-order valence-electron chi connectivity index (χ0n) is 16.4. The summed E-state index contributed by atoms with van der Waals surface area (Å²) in [6.07, 6.45) is 2.78. The number of rotatable bonds is 7. The molecule has 3 aromatic rings. The van der Waals surface area contributed by atoms with Crippen molar-refractivity contribution in [1.82, 2.24) is 9.78 Å². The van der Waals surface area contributed by atoms with Gasteiger partial charge in [-0.25, -0.2) is 9.07 Å². The topological polar surface area (TPSA) is 84.6 Å². The van der Waals surface area contributed by atoms with Gasteiger partial charge in [-0.2, -0.15) is 5.10 Å². The monoisotopic (exact) mass is 450 g/mol. The molecule has 158 valence electrons. The van der Waals surface area contributed by atoms with E-state index < -0.39 is 19.2 Å². The highest BCUT2D eigenvalue weighted by Crippen LogP contribution is 2.51. The largest absolute Gasteiger partial charge is 0.501 e. The van der Waals surface area contributed by atoms with Crippen LogP contribution < -0.4 is 0 Å². The van der Waals surface area contributed by atoms with E-state index in [2.05, 4.69) is 5.10 Å². The second kappa shape index (κ2) is 9.14. The summed E-state index contributed by atoms with van der Waals surface area (Å²) in [5.74, 6) is -0.384. The van der Waals surface area contributed by atoms with E-state index in [-0.39, 0.29) is 11.5 Å². The second-order valence-electron chi connectivity index (χ2n) is 6.70. The molecule has 2 aromatic carbocycles. The molecule has 2 unspecified atom stereocenters. The Labute approximate surface area is 178 Å². The standard InChI is InChI=1S/C21H21ClFN2O4P/c1-3-14(2)29-30(27,28)21(26)12-20-19(15-4-6-16(22)7-5-15)13-25(24-20)18-10-8-17(23)9-11-18/h4-14,26H,3H2,1-2H3,(H,27,28). The van der Waals surface area contributed by atoms with Gasteiger partial charge in [-0.15, -0.1) is 0 Å². The van der Waals surface area contributed by atoms with Gasteiger partial charge in [0.25, 0.3) is 0 Å². The Morgan fingerprint density at radius 3 is 2.50 bits per heavy atom. The molecule has 2 atom stereocenters. The molecule has 6 nitrogen and oxygen atoms in total. The first-order valence-electron chi connectivity index (χ1n) is 9.23. The fourth-order valence-electron chi connectivity index (χ4n) is 2.65. The summed E-state index contributed by atoms with van der Waals surface area (Å²) in [7, 11) is -4.41. The van der Waals surface area contributed by atoms with Crippen LogP contribution in [0.2, 0.25) is 5.02 Å². The van der Waals surface area contributed by atoms with E-state index in [9.17, 15) is 19.0 Å². The number of hydrogen-bond acceptors (Lipinski definition) is 4. The Hall–Kier alpha value is -2.44. The number of halogens is 2. The minimum absolute atomic E-state index is 0.237. The Balaban J connectivity index is 2.08. The lowest BCUT2D eigenvalue weighted by Crippen LogP contribution is -2.05. The Morgan fingerprint density at radius 2 is 1.90 bits per heavy atom. The molecular weight excluding hydrogens is 430 g/mol. The van der Waals surface area contributed by atoms with Crippen LogP contribution in [0.3, 0.4) is 0 Å². The summed E-state index contributed by atoms with van der Waals surface area (Å²) in [6, 6.07) is 12.6.